The van der Waals surface area contributed by atoms with Gasteiger partial charge >= 0.3 is 35.5 Å². The molecule has 76 valence electrons. The first-order valence-electron chi connectivity index (χ1n) is 3.62. The fraction of sp³-hybridized carbons (Fsp3) is 0.571. The fourth-order valence-corrected chi connectivity index (χ4v) is 1.24. The minimum atomic E-state index is -4.23. The molecule has 0 radical (unpaired) electrons. The summed E-state index contributed by atoms with van der Waals surface area (Å²) in [5.74, 6) is -1.16. The molecule has 1 atom stereocenters. The fourth-order valence-electron chi connectivity index (χ4n) is 0.616. The van der Waals surface area contributed by atoms with Crippen LogP contribution in [-0.2, 0) is 19.6 Å². The number of ether oxygens (including phenoxy) is 1. The molecule has 0 N–H and O–H groups in total. The van der Waals surface area contributed by atoms with Crippen LogP contribution in [0.3, 0.4) is 0 Å². The van der Waals surface area contributed by atoms with E-state index in [1.54, 1.807) is 0 Å². The summed E-state index contributed by atoms with van der Waals surface area (Å²) in [7, 11) is -4.23. The Kier molecular flexibility index (Phi) is 8.77. The molecular weight excluding hydrogens is 219 g/mol. The Morgan fingerprint density at radius 1 is 1.64 bits per heavy atom. The van der Waals surface area contributed by atoms with Crippen LogP contribution in [0.15, 0.2) is 12.7 Å². The summed E-state index contributed by atoms with van der Waals surface area (Å²) < 4.78 is 35.2. The van der Waals surface area contributed by atoms with Crippen molar-refractivity contribution in [2.45, 2.75) is 19.4 Å². The standard InChI is InChI=1S/C7H12O5S.Na/c1-3-7(8)12-6(2)4-5-13(9,10)11;/h3,6H,1,4-5H2,2H3,(H,9,10,11);/q;+1/p-1. The summed E-state index contributed by atoms with van der Waals surface area (Å²) in [5, 5.41) is 0. The van der Waals surface area contributed by atoms with Gasteiger partial charge in [-0.1, -0.05) is 6.58 Å². The molecule has 0 aliphatic carbocycles. The molecule has 0 rings (SSSR count). The summed E-state index contributed by atoms with van der Waals surface area (Å²) in [4.78, 5) is 10.6. The summed E-state index contributed by atoms with van der Waals surface area (Å²) >= 11 is 0. The van der Waals surface area contributed by atoms with Gasteiger partial charge in [-0.25, -0.2) is 13.2 Å². The van der Waals surface area contributed by atoms with Crippen LogP contribution in [0.25, 0.3) is 0 Å². The molecule has 0 aliphatic heterocycles. The third kappa shape index (κ3) is 10.2. The average molecular weight is 230 g/mol. The molecule has 0 heterocycles. The Labute approximate surface area is 106 Å². The number of hydrogen-bond acceptors (Lipinski definition) is 5. The maximum atomic E-state index is 10.6. The Hall–Kier alpha value is 0.120. The number of carbonyl (C=O) groups is 1. The second-order valence-corrected chi connectivity index (χ2v) is 4.03. The van der Waals surface area contributed by atoms with Gasteiger partial charge in [-0.15, -0.1) is 0 Å². The van der Waals surface area contributed by atoms with Crippen molar-refractivity contribution >= 4 is 16.1 Å². The molecule has 0 bridgehead atoms. The van der Waals surface area contributed by atoms with Gasteiger partial charge in [0.05, 0.1) is 10.1 Å². The first-order chi connectivity index (χ1) is 5.85. The van der Waals surface area contributed by atoms with Crippen LogP contribution in [0.5, 0.6) is 0 Å². The molecule has 0 aromatic rings. The van der Waals surface area contributed by atoms with Gasteiger partial charge in [0.15, 0.2) is 0 Å². The van der Waals surface area contributed by atoms with Gasteiger partial charge in [0.1, 0.15) is 6.10 Å². The molecule has 7 heteroatoms. The minimum Gasteiger partial charge on any atom is -0.748 e. The van der Waals surface area contributed by atoms with Crippen molar-refractivity contribution < 1.29 is 52.1 Å². The van der Waals surface area contributed by atoms with E-state index in [1.165, 1.54) is 6.92 Å². The van der Waals surface area contributed by atoms with Crippen molar-refractivity contribution in [2.75, 3.05) is 5.75 Å². The Balaban J connectivity index is 0. The van der Waals surface area contributed by atoms with Crippen molar-refractivity contribution in [3.05, 3.63) is 12.7 Å². The number of hydrogen-bond donors (Lipinski definition) is 0. The third-order valence-corrected chi connectivity index (χ3v) is 1.99. The van der Waals surface area contributed by atoms with Gasteiger partial charge in [0.2, 0.25) is 0 Å². The van der Waals surface area contributed by atoms with Gasteiger partial charge in [-0.05, 0) is 13.3 Å². The number of carbonyl (C=O) groups excluding carboxylic acids is 1. The normalized spacial score (nSPS) is 12.4. The molecule has 0 aromatic heterocycles. The van der Waals surface area contributed by atoms with E-state index in [4.69, 9.17) is 0 Å². The van der Waals surface area contributed by atoms with Gasteiger partial charge < -0.3 is 9.29 Å². The average Bonchev–Trinajstić information content (AvgIpc) is 1.99. The second kappa shape index (κ2) is 7.42. The first kappa shape index (κ1) is 16.5. The first-order valence-corrected chi connectivity index (χ1v) is 5.19. The van der Waals surface area contributed by atoms with E-state index in [1.807, 2.05) is 0 Å². The maximum absolute atomic E-state index is 10.6. The van der Waals surface area contributed by atoms with E-state index in [0.717, 1.165) is 6.08 Å². The van der Waals surface area contributed by atoms with E-state index < -0.39 is 27.9 Å². The monoisotopic (exact) mass is 230 g/mol. The van der Waals surface area contributed by atoms with Crippen LogP contribution in [-0.4, -0.2) is 30.8 Å². The Bertz CT molecular complexity index is 284. The summed E-state index contributed by atoms with van der Waals surface area (Å²) in [6.45, 7) is 4.67. The summed E-state index contributed by atoms with van der Waals surface area (Å²) in [6.07, 6.45) is 0.391. The second-order valence-electron chi connectivity index (χ2n) is 2.50. The zero-order valence-electron chi connectivity index (χ0n) is 8.23. The van der Waals surface area contributed by atoms with Crippen LogP contribution in [0.2, 0.25) is 0 Å². The van der Waals surface area contributed by atoms with Crippen LogP contribution in [0, 0.1) is 0 Å². The van der Waals surface area contributed by atoms with Gasteiger partial charge in [0, 0.05) is 11.8 Å². The zero-order valence-corrected chi connectivity index (χ0v) is 11.0. The number of esters is 1. The molecule has 0 aliphatic rings. The molecule has 0 aromatic carbocycles. The van der Waals surface area contributed by atoms with E-state index in [-0.39, 0.29) is 36.0 Å². The van der Waals surface area contributed by atoms with E-state index in [9.17, 15) is 17.8 Å². The zero-order chi connectivity index (χ0) is 10.5. The van der Waals surface area contributed by atoms with Crippen molar-refractivity contribution in [1.29, 1.82) is 0 Å². The summed E-state index contributed by atoms with van der Waals surface area (Å²) in [6, 6.07) is 0. The molecule has 0 amide bonds. The summed E-state index contributed by atoms with van der Waals surface area (Å²) in [5.41, 5.74) is 0. The van der Waals surface area contributed by atoms with Crippen molar-refractivity contribution in [3.8, 4) is 0 Å². The quantitative estimate of drug-likeness (QED) is 0.218. The molecule has 0 fully saturated rings. The topological polar surface area (TPSA) is 83.5 Å². The smallest absolute Gasteiger partial charge is 0.748 e. The van der Waals surface area contributed by atoms with E-state index >= 15 is 0 Å². The van der Waals surface area contributed by atoms with Crippen molar-refractivity contribution in [2.24, 2.45) is 0 Å². The Morgan fingerprint density at radius 3 is 2.50 bits per heavy atom. The van der Waals surface area contributed by atoms with Crippen LogP contribution >= 0.6 is 0 Å². The van der Waals surface area contributed by atoms with Gasteiger partial charge in [-0.3, -0.25) is 0 Å². The Morgan fingerprint density at radius 2 is 2.14 bits per heavy atom. The van der Waals surface area contributed by atoms with Crippen LogP contribution in [0.4, 0.5) is 0 Å². The molecule has 1 unspecified atom stereocenters. The molecular formula is C7H11NaO5S. The van der Waals surface area contributed by atoms with Crippen LogP contribution in [0.1, 0.15) is 13.3 Å². The van der Waals surface area contributed by atoms with Crippen molar-refractivity contribution in [3.63, 3.8) is 0 Å². The predicted molar refractivity (Wildman–Crippen MR) is 44.9 cm³/mol. The van der Waals surface area contributed by atoms with E-state index in [2.05, 4.69) is 11.3 Å². The van der Waals surface area contributed by atoms with E-state index in [0.29, 0.717) is 0 Å². The maximum Gasteiger partial charge on any atom is 1.00 e. The number of rotatable bonds is 5. The SMILES string of the molecule is C=CC(=O)OC(C)CCS(=O)(=O)[O-].[Na+]. The molecule has 5 nitrogen and oxygen atoms in total. The van der Waals surface area contributed by atoms with Crippen molar-refractivity contribution in [1.82, 2.24) is 0 Å². The molecule has 0 saturated carbocycles. The van der Waals surface area contributed by atoms with Gasteiger partial charge in [0.25, 0.3) is 0 Å². The molecule has 14 heavy (non-hydrogen) atoms. The molecule has 0 saturated heterocycles. The third-order valence-electron chi connectivity index (χ3n) is 1.26. The minimum absolute atomic E-state index is 0. The van der Waals surface area contributed by atoms with Gasteiger partial charge in [-0.2, -0.15) is 0 Å². The molecule has 0 spiro atoms. The predicted octanol–water partition coefficient (Wildman–Crippen LogP) is -2.96. The largest absolute Gasteiger partial charge is 1.00 e. The van der Waals surface area contributed by atoms with Crippen LogP contribution < -0.4 is 29.6 Å².